The highest BCUT2D eigenvalue weighted by Crippen LogP contribution is 2.34. The average molecular weight is 402 g/mol. The summed E-state index contributed by atoms with van der Waals surface area (Å²) in [6, 6.07) is 12.1. The molecule has 0 atom stereocenters. The van der Waals surface area contributed by atoms with E-state index in [1.165, 1.54) is 14.2 Å². The molecule has 0 saturated carbocycles. The van der Waals surface area contributed by atoms with Gasteiger partial charge >= 0.3 is 0 Å². The summed E-state index contributed by atoms with van der Waals surface area (Å²) in [7, 11) is 3.06. The maximum Gasteiger partial charge on any atom is 0.273 e. The van der Waals surface area contributed by atoms with Crippen molar-refractivity contribution in [1.82, 2.24) is 4.90 Å². The van der Waals surface area contributed by atoms with E-state index in [2.05, 4.69) is 0 Å². The summed E-state index contributed by atoms with van der Waals surface area (Å²) in [4.78, 5) is 26.6. The number of ether oxygens (including phenoxy) is 3. The first-order valence-electron chi connectivity index (χ1n) is 8.70. The second-order valence-electron chi connectivity index (χ2n) is 6.03. The molecule has 0 saturated heterocycles. The second-order valence-corrected chi connectivity index (χ2v) is 6.41. The van der Waals surface area contributed by atoms with E-state index in [4.69, 9.17) is 25.8 Å². The van der Waals surface area contributed by atoms with Crippen LogP contribution in [0.1, 0.15) is 18.1 Å². The molecule has 2 amide bonds. The van der Waals surface area contributed by atoms with Gasteiger partial charge < -0.3 is 14.2 Å². The monoisotopic (exact) mass is 401 g/mol. The Morgan fingerprint density at radius 2 is 1.61 bits per heavy atom. The van der Waals surface area contributed by atoms with Crippen molar-refractivity contribution < 1.29 is 23.8 Å². The Morgan fingerprint density at radius 3 is 2.21 bits per heavy atom. The van der Waals surface area contributed by atoms with Gasteiger partial charge in [-0.05, 0) is 42.3 Å². The fourth-order valence-corrected chi connectivity index (χ4v) is 3.28. The van der Waals surface area contributed by atoms with Crippen molar-refractivity contribution in [3.8, 4) is 17.2 Å². The summed E-state index contributed by atoms with van der Waals surface area (Å²) < 4.78 is 15.9. The van der Waals surface area contributed by atoms with Gasteiger partial charge in [0.25, 0.3) is 11.8 Å². The van der Waals surface area contributed by atoms with E-state index in [1.807, 2.05) is 6.92 Å². The molecule has 1 heterocycles. The number of carbonyl (C=O) groups is 2. The maximum absolute atomic E-state index is 12.9. The molecule has 3 rings (SSSR count). The van der Waals surface area contributed by atoms with Gasteiger partial charge in [-0.25, -0.2) is 0 Å². The Kier molecular flexibility index (Phi) is 5.90. The molecule has 0 unspecified atom stereocenters. The predicted octanol–water partition coefficient (Wildman–Crippen LogP) is 3.62. The highest BCUT2D eigenvalue weighted by molar-refractivity contribution is 6.55. The van der Waals surface area contributed by atoms with Crippen molar-refractivity contribution in [3.63, 3.8) is 0 Å². The summed E-state index contributed by atoms with van der Waals surface area (Å²) in [5.74, 6) is 0.808. The lowest BCUT2D eigenvalue weighted by molar-refractivity contribution is -0.137. The second kappa shape index (κ2) is 8.35. The fraction of sp³-hybridized carbons (Fsp3) is 0.238. The van der Waals surface area contributed by atoms with Gasteiger partial charge in [-0.2, -0.15) is 0 Å². The molecule has 0 N–H and O–H groups in total. The van der Waals surface area contributed by atoms with Gasteiger partial charge in [-0.3, -0.25) is 14.5 Å². The van der Waals surface area contributed by atoms with Crippen LogP contribution in [0.3, 0.4) is 0 Å². The first-order valence-corrected chi connectivity index (χ1v) is 9.08. The minimum absolute atomic E-state index is 0.0781. The zero-order valence-corrected chi connectivity index (χ0v) is 16.6. The van der Waals surface area contributed by atoms with Crippen LogP contribution in [0.25, 0.3) is 5.57 Å². The van der Waals surface area contributed by atoms with Crippen molar-refractivity contribution >= 4 is 29.0 Å². The smallest absolute Gasteiger partial charge is 0.273 e. The standard InChI is InChI=1S/C21H20ClNO5/c1-4-28-15-8-6-14(7-9-15)18-19(22)21(25)23(20(18)24)12-13-5-10-16(26-2)17(11-13)27-3/h5-11H,4,12H2,1-3H3. The van der Waals surface area contributed by atoms with Crippen LogP contribution in [0.2, 0.25) is 0 Å². The van der Waals surface area contributed by atoms with Gasteiger partial charge in [0.2, 0.25) is 0 Å². The number of rotatable bonds is 7. The Hall–Kier alpha value is -2.99. The third kappa shape index (κ3) is 3.68. The molecule has 0 radical (unpaired) electrons. The zero-order valence-electron chi connectivity index (χ0n) is 15.8. The van der Waals surface area contributed by atoms with Gasteiger partial charge in [0, 0.05) is 0 Å². The number of hydrogen-bond donors (Lipinski definition) is 0. The maximum atomic E-state index is 12.9. The fourth-order valence-electron chi connectivity index (χ4n) is 2.99. The van der Waals surface area contributed by atoms with Crippen LogP contribution < -0.4 is 14.2 Å². The average Bonchev–Trinajstić information content (AvgIpc) is 2.92. The number of amides is 2. The Labute approximate surface area is 168 Å². The molecule has 28 heavy (non-hydrogen) atoms. The van der Waals surface area contributed by atoms with Gasteiger partial charge in [-0.1, -0.05) is 29.8 Å². The quantitative estimate of drug-likeness (QED) is 0.663. The molecule has 2 aromatic carbocycles. The van der Waals surface area contributed by atoms with E-state index >= 15 is 0 Å². The number of carbonyl (C=O) groups excluding carboxylic acids is 2. The molecule has 6 nitrogen and oxygen atoms in total. The summed E-state index contributed by atoms with van der Waals surface area (Å²) in [6.07, 6.45) is 0. The first-order chi connectivity index (χ1) is 13.5. The Bertz CT molecular complexity index is 936. The molecule has 1 aliphatic rings. The van der Waals surface area contributed by atoms with E-state index in [9.17, 15) is 9.59 Å². The summed E-state index contributed by atoms with van der Waals surface area (Å²) >= 11 is 6.22. The van der Waals surface area contributed by atoms with Gasteiger partial charge in [0.05, 0.1) is 32.9 Å². The van der Waals surface area contributed by atoms with Crippen LogP contribution in [0.5, 0.6) is 17.2 Å². The molecule has 0 aliphatic carbocycles. The molecule has 7 heteroatoms. The topological polar surface area (TPSA) is 65.1 Å². The van der Waals surface area contributed by atoms with Crippen LogP contribution in [-0.4, -0.2) is 37.5 Å². The lowest BCUT2D eigenvalue weighted by atomic mass is 10.1. The number of hydrogen-bond acceptors (Lipinski definition) is 5. The van der Waals surface area contributed by atoms with Gasteiger partial charge in [-0.15, -0.1) is 0 Å². The van der Waals surface area contributed by atoms with Crippen LogP contribution in [0.4, 0.5) is 0 Å². The van der Waals surface area contributed by atoms with Crippen molar-refractivity contribution in [2.24, 2.45) is 0 Å². The summed E-state index contributed by atoms with van der Waals surface area (Å²) in [5.41, 5.74) is 1.48. The Morgan fingerprint density at radius 1 is 0.929 bits per heavy atom. The van der Waals surface area contributed by atoms with Crippen LogP contribution in [0.15, 0.2) is 47.5 Å². The SMILES string of the molecule is CCOc1ccc(C2=C(Cl)C(=O)N(Cc3ccc(OC)c(OC)c3)C2=O)cc1. The van der Waals surface area contributed by atoms with Crippen LogP contribution >= 0.6 is 11.6 Å². The highest BCUT2D eigenvalue weighted by Gasteiger charge is 2.38. The number of nitrogens with zero attached hydrogens (tertiary/aromatic N) is 1. The zero-order chi connectivity index (χ0) is 20.3. The van der Waals surface area contributed by atoms with E-state index in [1.54, 1.807) is 42.5 Å². The molecule has 0 fully saturated rings. The van der Waals surface area contributed by atoms with Crippen molar-refractivity contribution in [2.45, 2.75) is 13.5 Å². The normalized spacial score (nSPS) is 13.9. The number of benzene rings is 2. The third-order valence-corrected chi connectivity index (χ3v) is 4.70. The number of imide groups is 1. The highest BCUT2D eigenvalue weighted by atomic mass is 35.5. The number of methoxy groups -OCH3 is 2. The molecular weight excluding hydrogens is 382 g/mol. The Balaban J connectivity index is 1.84. The summed E-state index contributed by atoms with van der Waals surface area (Å²) in [6.45, 7) is 2.51. The molecule has 2 aromatic rings. The predicted molar refractivity (Wildman–Crippen MR) is 105 cm³/mol. The lowest BCUT2D eigenvalue weighted by Gasteiger charge is -2.16. The van der Waals surface area contributed by atoms with E-state index in [-0.39, 0.29) is 17.2 Å². The third-order valence-electron chi connectivity index (χ3n) is 4.35. The molecule has 1 aliphatic heterocycles. The van der Waals surface area contributed by atoms with Crippen molar-refractivity contribution in [2.75, 3.05) is 20.8 Å². The first kappa shape index (κ1) is 19.8. The number of halogens is 1. The summed E-state index contributed by atoms with van der Waals surface area (Å²) in [5, 5.41) is -0.0883. The molecule has 0 aromatic heterocycles. The van der Waals surface area contributed by atoms with E-state index < -0.39 is 11.8 Å². The van der Waals surface area contributed by atoms with E-state index in [0.29, 0.717) is 29.4 Å². The van der Waals surface area contributed by atoms with E-state index in [0.717, 1.165) is 10.5 Å². The van der Waals surface area contributed by atoms with Gasteiger partial charge in [0.15, 0.2) is 11.5 Å². The largest absolute Gasteiger partial charge is 0.494 e. The van der Waals surface area contributed by atoms with Gasteiger partial charge in [0.1, 0.15) is 10.8 Å². The molecule has 146 valence electrons. The molecule has 0 spiro atoms. The van der Waals surface area contributed by atoms with Crippen LogP contribution in [-0.2, 0) is 16.1 Å². The molecular formula is C21H20ClNO5. The van der Waals surface area contributed by atoms with Crippen molar-refractivity contribution in [3.05, 3.63) is 58.6 Å². The lowest BCUT2D eigenvalue weighted by Crippen LogP contribution is -2.30. The van der Waals surface area contributed by atoms with Crippen LogP contribution in [0, 0.1) is 0 Å². The van der Waals surface area contributed by atoms with Crippen molar-refractivity contribution in [1.29, 1.82) is 0 Å². The minimum Gasteiger partial charge on any atom is -0.494 e. The molecule has 0 bridgehead atoms. The minimum atomic E-state index is -0.523.